The zero-order valence-corrected chi connectivity index (χ0v) is 13.5. The zero-order valence-electron chi connectivity index (χ0n) is 13.5. The summed E-state index contributed by atoms with van der Waals surface area (Å²) in [5.74, 6) is -2.47. The second kappa shape index (κ2) is 10.0. The van der Waals surface area contributed by atoms with Gasteiger partial charge in [-0.2, -0.15) is 0 Å². The Morgan fingerprint density at radius 3 is 2.56 bits per heavy atom. The molecule has 1 aromatic rings. The van der Waals surface area contributed by atoms with Crippen LogP contribution in [0.25, 0.3) is 0 Å². The zero-order chi connectivity index (χ0) is 18.8. The summed E-state index contributed by atoms with van der Waals surface area (Å²) >= 11 is 0. The topological polar surface area (TPSA) is 176 Å². The van der Waals surface area contributed by atoms with Gasteiger partial charge < -0.3 is 21.5 Å². The van der Waals surface area contributed by atoms with Crippen LogP contribution in [0.5, 0.6) is 0 Å². The molecule has 1 heterocycles. The molecule has 11 heteroatoms. The van der Waals surface area contributed by atoms with Crippen LogP contribution in [-0.4, -0.2) is 51.6 Å². The molecule has 1 aromatic heterocycles. The summed E-state index contributed by atoms with van der Waals surface area (Å²) in [6.45, 7) is -0.389. The molecule has 0 bridgehead atoms. The van der Waals surface area contributed by atoms with E-state index in [9.17, 15) is 24.0 Å². The number of carbonyl (C=O) groups is 3. The number of carboxylic acids is 1. The molecule has 0 saturated carbocycles. The van der Waals surface area contributed by atoms with Gasteiger partial charge >= 0.3 is 11.7 Å². The molecule has 0 saturated heterocycles. The fourth-order valence-electron chi connectivity index (χ4n) is 1.95. The molecule has 11 nitrogen and oxygen atoms in total. The van der Waals surface area contributed by atoms with Crippen LogP contribution in [0.1, 0.15) is 19.3 Å². The van der Waals surface area contributed by atoms with Crippen molar-refractivity contribution in [3.63, 3.8) is 0 Å². The number of carbonyl (C=O) groups excluding carboxylic acids is 2. The van der Waals surface area contributed by atoms with Gasteiger partial charge in [0, 0.05) is 12.3 Å². The maximum Gasteiger partial charge on any atom is 0.328 e. The summed E-state index contributed by atoms with van der Waals surface area (Å²) in [6.07, 6.45) is 2.58. The highest BCUT2D eigenvalue weighted by molar-refractivity contribution is 5.87. The van der Waals surface area contributed by atoms with Gasteiger partial charge in [0.25, 0.3) is 5.56 Å². The van der Waals surface area contributed by atoms with E-state index >= 15 is 0 Å². The summed E-state index contributed by atoms with van der Waals surface area (Å²) in [5, 5.41) is 13.6. The number of aromatic nitrogens is 2. The van der Waals surface area contributed by atoms with Crippen molar-refractivity contribution < 1.29 is 19.5 Å². The molecule has 0 unspecified atom stereocenters. The number of nitrogens with zero attached hydrogens (tertiary/aromatic N) is 1. The van der Waals surface area contributed by atoms with E-state index in [1.807, 2.05) is 4.98 Å². The van der Waals surface area contributed by atoms with Crippen molar-refractivity contribution in [2.45, 2.75) is 31.8 Å². The Bertz CT molecular complexity index is 725. The Morgan fingerprint density at radius 1 is 1.24 bits per heavy atom. The summed E-state index contributed by atoms with van der Waals surface area (Å²) in [6, 6.07) is 0.0259. The van der Waals surface area contributed by atoms with Crippen molar-refractivity contribution in [1.82, 2.24) is 20.2 Å². The van der Waals surface area contributed by atoms with Gasteiger partial charge in [0.15, 0.2) is 0 Å². The molecule has 25 heavy (non-hydrogen) atoms. The van der Waals surface area contributed by atoms with Crippen molar-refractivity contribution >= 4 is 17.8 Å². The Kier molecular flexibility index (Phi) is 8.06. The molecular formula is C14H21N5O6. The van der Waals surface area contributed by atoms with Crippen LogP contribution in [-0.2, 0) is 20.9 Å². The molecule has 2 amide bonds. The lowest BCUT2D eigenvalue weighted by molar-refractivity contribution is -0.142. The third-order valence-electron chi connectivity index (χ3n) is 3.24. The minimum atomic E-state index is -1.17. The van der Waals surface area contributed by atoms with E-state index in [2.05, 4.69) is 10.6 Å². The van der Waals surface area contributed by atoms with Crippen LogP contribution in [0.4, 0.5) is 0 Å². The lowest BCUT2D eigenvalue weighted by Crippen LogP contribution is -2.46. The first-order valence-corrected chi connectivity index (χ1v) is 7.62. The predicted octanol–water partition coefficient (Wildman–Crippen LogP) is -2.65. The number of hydrogen-bond acceptors (Lipinski definition) is 6. The third kappa shape index (κ3) is 7.44. The van der Waals surface area contributed by atoms with Crippen molar-refractivity contribution in [1.29, 1.82) is 0 Å². The Labute approximate surface area is 142 Å². The molecular weight excluding hydrogens is 334 g/mol. The number of aliphatic carboxylic acids is 1. The van der Waals surface area contributed by atoms with Crippen LogP contribution >= 0.6 is 0 Å². The highest BCUT2D eigenvalue weighted by Gasteiger charge is 2.19. The Hall–Kier alpha value is -2.95. The number of nitrogens with two attached hydrogens (primary N) is 1. The van der Waals surface area contributed by atoms with Crippen LogP contribution in [0.2, 0.25) is 0 Å². The van der Waals surface area contributed by atoms with Crippen LogP contribution in [0.15, 0.2) is 21.9 Å². The van der Waals surface area contributed by atoms with Gasteiger partial charge in [-0.15, -0.1) is 0 Å². The van der Waals surface area contributed by atoms with E-state index in [-0.39, 0.29) is 13.0 Å². The second-order valence-corrected chi connectivity index (χ2v) is 5.26. The quantitative estimate of drug-likeness (QED) is 0.285. The van der Waals surface area contributed by atoms with Gasteiger partial charge in [0.05, 0.1) is 6.54 Å². The maximum atomic E-state index is 11.7. The minimum Gasteiger partial charge on any atom is -0.480 e. The molecule has 1 atom stereocenters. The molecule has 0 spiro atoms. The molecule has 0 aliphatic carbocycles. The lowest BCUT2D eigenvalue weighted by Gasteiger charge is -2.14. The minimum absolute atomic E-state index is 0.235. The number of carboxylic acid groups (broad SMARTS) is 1. The van der Waals surface area contributed by atoms with E-state index in [0.29, 0.717) is 19.4 Å². The van der Waals surface area contributed by atoms with Gasteiger partial charge in [-0.3, -0.25) is 23.9 Å². The third-order valence-corrected chi connectivity index (χ3v) is 3.24. The predicted molar refractivity (Wildman–Crippen MR) is 86.8 cm³/mol. The van der Waals surface area contributed by atoms with Gasteiger partial charge in [0.1, 0.15) is 12.6 Å². The van der Waals surface area contributed by atoms with E-state index < -0.39 is 41.6 Å². The molecule has 0 aliphatic heterocycles. The Morgan fingerprint density at radius 2 is 1.96 bits per heavy atom. The maximum absolute atomic E-state index is 11.7. The van der Waals surface area contributed by atoms with Crippen LogP contribution < -0.4 is 27.6 Å². The second-order valence-electron chi connectivity index (χ2n) is 5.26. The molecule has 6 N–H and O–H groups in total. The average Bonchev–Trinajstić information content (AvgIpc) is 2.54. The average molecular weight is 355 g/mol. The number of H-pyrrole nitrogens is 1. The number of nitrogens with one attached hydrogen (secondary N) is 3. The summed E-state index contributed by atoms with van der Waals surface area (Å²) < 4.78 is 0.960. The summed E-state index contributed by atoms with van der Waals surface area (Å²) in [4.78, 5) is 58.9. The number of aromatic amines is 1. The van der Waals surface area contributed by atoms with Crippen LogP contribution in [0, 0.1) is 0 Å². The summed E-state index contributed by atoms with van der Waals surface area (Å²) in [7, 11) is 0. The first-order valence-electron chi connectivity index (χ1n) is 7.62. The van der Waals surface area contributed by atoms with Crippen molar-refractivity contribution in [3.8, 4) is 0 Å². The SMILES string of the molecule is NCCCC[C@H](NC(=O)CNC(=O)Cn1ccc(=O)[nH]c1=O)C(=O)O. The summed E-state index contributed by atoms with van der Waals surface area (Å²) in [5.41, 5.74) is 3.99. The van der Waals surface area contributed by atoms with Gasteiger partial charge in [-0.05, 0) is 25.8 Å². The largest absolute Gasteiger partial charge is 0.480 e. The van der Waals surface area contributed by atoms with Crippen molar-refractivity contribution in [2.24, 2.45) is 5.73 Å². The monoisotopic (exact) mass is 355 g/mol. The molecule has 0 radical (unpaired) electrons. The van der Waals surface area contributed by atoms with E-state index in [1.165, 1.54) is 0 Å². The number of hydrogen-bond donors (Lipinski definition) is 5. The smallest absolute Gasteiger partial charge is 0.328 e. The normalized spacial score (nSPS) is 11.6. The first-order chi connectivity index (χ1) is 11.8. The molecule has 1 rings (SSSR count). The van der Waals surface area contributed by atoms with E-state index in [0.717, 1.165) is 16.8 Å². The van der Waals surface area contributed by atoms with Crippen molar-refractivity contribution in [2.75, 3.05) is 13.1 Å². The first kappa shape index (κ1) is 20.1. The van der Waals surface area contributed by atoms with Crippen molar-refractivity contribution in [3.05, 3.63) is 33.1 Å². The number of amides is 2. The fourth-order valence-corrected chi connectivity index (χ4v) is 1.95. The highest BCUT2D eigenvalue weighted by Crippen LogP contribution is 2.00. The standard InChI is InChI=1S/C14H21N5O6/c15-5-2-1-3-9(13(23)24)17-11(21)7-16-12(22)8-19-6-4-10(20)18-14(19)25/h4,6,9H,1-3,5,7-8,15H2,(H,16,22)(H,17,21)(H,23,24)(H,18,20,25)/t9-/m0/s1. The van der Waals surface area contributed by atoms with Crippen LogP contribution in [0.3, 0.4) is 0 Å². The highest BCUT2D eigenvalue weighted by atomic mass is 16.4. The molecule has 138 valence electrons. The lowest BCUT2D eigenvalue weighted by atomic mass is 10.1. The van der Waals surface area contributed by atoms with Gasteiger partial charge in [0.2, 0.25) is 11.8 Å². The van der Waals surface area contributed by atoms with Gasteiger partial charge in [-0.1, -0.05) is 0 Å². The molecule has 0 aromatic carbocycles. The number of rotatable bonds is 10. The molecule has 0 fully saturated rings. The van der Waals surface area contributed by atoms with E-state index in [4.69, 9.17) is 10.8 Å². The molecule has 0 aliphatic rings. The van der Waals surface area contributed by atoms with E-state index in [1.54, 1.807) is 0 Å². The fraction of sp³-hybridized carbons (Fsp3) is 0.500. The van der Waals surface area contributed by atoms with Gasteiger partial charge in [-0.25, -0.2) is 9.59 Å². The Balaban J connectivity index is 2.46. The number of unbranched alkanes of at least 4 members (excludes halogenated alkanes) is 1.